The first-order valence-corrected chi connectivity index (χ1v) is 9.51. The lowest BCUT2D eigenvalue weighted by atomic mass is 9.79. The molecule has 0 amide bonds. The van der Waals surface area contributed by atoms with Gasteiger partial charge >= 0.3 is 0 Å². The Labute approximate surface area is 154 Å². The number of hydrogen-bond acceptors (Lipinski definition) is 3. The van der Waals surface area contributed by atoms with Gasteiger partial charge in [0.25, 0.3) is 0 Å². The van der Waals surface area contributed by atoms with Crippen LogP contribution in [0.3, 0.4) is 0 Å². The maximum absolute atomic E-state index is 13.0. The lowest BCUT2D eigenvalue weighted by molar-refractivity contribution is 0.0806. The lowest BCUT2D eigenvalue weighted by Gasteiger charge is -2.38. The Bertz CT molecular complexity index is 690. The Morgan fingerprint density at radius 2 is 1.77 bits per heavy atom. The van der Waals surface area contributed by atoms with Gasteiger partial charge in [0.15, 0.2) is 0 Å². The Morgan fingerprint density at radius 3 is 2.42 bits per heavy atom. The van der Waals surface area contributed by atoms with Gasteiger partial charge in [-0.05, 0) is 49.1 Å². The fourth-order valence-corrected chi connectivity index (χ4v) is 4.16. The van der Waals surface area contributed by atoms with Gasteiger partial charge in [0.1, 0.15) is 17.7 Å². The molecule has 0 unspecified atom stereocenters. The maximum atomic E-state index is 13.0. The molecule has 0 spiro atoms. The van der Waals surface area contributed by atoms with Gasteiger partial charge in [-0.3, -0.25) is 0 Å². The number of piperidine rings is 1. The van der Waals surface area contributed by atoms with Crippen LogP contribution in [0.1, 0.15) is 24.8 Å². The third kappa shape index (κ3) is 3.92. The summed E-state index contributed by atoms with van der Waals surface area (Å²) in [5, 5.41) is 0. The summed E-state index contributed by atoms with van der Waals surface area (Å²) in [6.07, 6.45) is 3.30. The molecule has 2 heterocycles. The average Bonchev–Trinajstić information content (AvgIpc) is 3.16. The SMILES string of the molecule is Fc1ccc(OC2CCN(C[C@]3(c4ccccc4)CCOC3)CC2)cc1. The van der Waals surface area contributed by atoms with Crippen molar-refractivity contribution in [3.8, 4) is 5.75 Å². The number of rotatable bonds is 5. The Morgan fingerprint density at radius 1 is 1.04 bits per heavy atom. The van der Waals surface area contributed by atoms with E-state index in [1.54, 1.807) is 12.1 Å². The number of halogens is 1. The van der Waals surface area contributed by atoms with Gasteiger partial charge in [0.2, 0.25) is 0 Å². The summed E-state index contributed by atoms with van der Waals surface area (Å²) in [5.74, 6) is 0.534. The quantitative estimate of drug-likeness (QED) is 0.808. The van der Waals surface area contributed by atoms with Crippen LogP contribution in [0.15, 0.2) is 54.6 Å². The molecule has 4 rings (SSSR count). The van der Waals surface area contributed by atoms with Gasteiger partial charge in [0.05, 0.1) is 6.61 Å². The lowest BCUT2D eigenvalue weighted by Crippen LogP contribution is -2.46. The van der Waals surface area contributed by atoms with Crippen molar-refractivity contribution in [2.45, 2.75) is 30.8 Å². The summed E-state index contributed by atoms with van der Waals surface area (Å²) in [4.78, 5) is 2.55. The molecule has 0 radical (unpaired) electrons. The molecule has 2 fully saturated rings. The van der Waals surface area contributed by atoms with Crippen LogP contribution < -0.4 is 4.74 Å². The van der Waals surface area contributed by atoms with Crippen LogP contribution in [0.5, 0.6) is 5.75 Å². The van der Waals surface area contributed by atoms with E-state index in [9.17, 15) is 4.39 Å². The fourth-order valence-electron chi connectivity index (χ4n) is 4.16. The van der Waals surface area contributed by atoms with Crippen molar-refractivity contribution < 1.29 is 13.9 Å². The summed E-state index contributed by atoms with van der Waals surface area (Å²) in [6.45, 7) is 4.75. The first-order chi connectivity index (χ1) is 12.7. The van der Waals surface area contributed by atoms with E-state index in [0.717, 1.165) is 57.9 Å². The number of hydrogen-bond donors (Lipinski definition) is 0. The van der Waals surface area contributed by atoms with E-state index in [1.807, 2.05) is 0 Å². The van der Waals surface area contributed by atoms with E-state index in [1.165, 1.54) is 17.7 Å². The zero-order valence-electron chi connectivity index (χ0n) is 15.1. The van der Waals surface area contributed by atoms with Crippen LogP contribution in [0.25, 0.3) is 0 Å². The zero-order chi connectivity index (χ0) is 17.8. The van der Waals surface area contributed by atoms with Crippen LogP contribution in [0, 0.1) is 5.82 Å². The Balaban J connectivity index is 1.35. The molecule has 2 saturated heterocycles. The topological polar surface area (TPSA) is 21.7 Å². The van der Waals surface area contributed by atoms with E-state index in [2.05, 4.69) is 35.2 Å². The second kappa shape index (κ2) is 7.77. The van der Waals surface area contributed by atoms with Crippen LogP contribution in [0.2, 0.25) is 0 Å². The summed E-state index contributed by atoms with van der Waals surface area (Å²) in [5.41, 5.74) is 1.51. The number of nitrogens with zero attached hydrogens (tertiary/aromatic N) is 1. The summed E-state index contributed by atoms with van der Waals surface area (Å²) in [7, 11) is 0. The predicted molar refractivity (Wildman–Crippen MR) is 100 cm³/mol. The van der Waals surface area contributed by atoms with Gasteiger partial charge in [-0.25, -0.2) is 4.39 Å². The van der Waals surface area contributed by atoms with E-state index >= 15 is 0 Å². The molecule has 2 aliphatic rings. The monoisotopic (exact) mass is 355 g/mol. The largest absolute Gasteiger partial charge is 0.490 e. The van der Waals surface area contributed by atoms with Crippen molar-refractivity contribution in [1.29, 1.82) is 0 Å². The second-order valence-electron chi connectivity index (χ2n) is 7.50. The standard InChI is InChI=1S/C22H26FNO2/c23-19-6-8-20(9-7-19)26-21-10-13-24(14-11-21)16-22(12-15-25-17-22)18-4-2-1-3-5-18/h1-9,21H,10-17H2/t22-/m1/s1. The van der Waals surface area contributed by atoms with Crippen LogP contribution in [0.4, 0.5) is 4.39 Å². The van der Waals surface area contributed by atoms with Crippen molar-refractivity contribution in [1.82, 2.24) is 4.90 Å². The first kappa shape index (κ1) is 17.5. The highest BCUT2D eigenvalue weighted by molar-refractivity contribution is 5.27. The first-order valence-electron chi connectivity index (χ1n) is 9.51. The summed E-state index contributed by atoms with van der Waals surface area (Å²) >= 11 is 0. The van der Waals surface area contributed by atoms with E-state index in [0.29, 0.717) is 0 Å². The van der Waals surface area contributed by atoms with Gasteiger partial charge < -0.3 is 14.4 Å². The number of likely N-dealkylation sites (tertiary alicyclic amines) is 1. The fraction of sp³-hybridized carbons (Fsp3) is 0.455. The average molecular weight is 355 g/mol. The third-order valence-corrected chi connectivity index (χ3v) is 5.67. The molecule has 0 N–H and O–H groups in total. The highest BCUT2D eigenvalue weighted by atomic mass is 19.1. The van der Waals surface area contributed by atoms with E-state index in [4.69, 9.17) is 9.47 Å². The molecule has 0 bridgehead atoms. The molecule has 4 heteroatoms. The molecule has 2 aromatic rings. The van der Waals surface area contributed by atoms with Gasteiger partial charge in [0, 0.05) is 31.7 Å². The molecule has 3 nitrogen and oxygen atoms in total. The normalized spacial score (nSPS) is 24.7. The molecule has 2 aromatic carbocycles. The smallest absolute Gasteiger partial charge is 0.123 e. The number of benzene rings is 2. The summed E-state index contributed by atoms with van der Waals surface area (Å²) in [6, 6.07) is 17.1. The van der Waals surface area contributed by atoms with E-state index in [-0.39, 0.29) is 17.3 Å². The molecule has 1 atom stereocenters. The minimum atomic E-state index is -0.225. The van der Waals surface area contributed by atoms with Crippen LogP contribution >= 0.6 is 0 Å². The Kier molecular flexibility index (Phi) is 5.23. The van der Waals surface area contributed by atoms with Gasteiger partial charge in [-0.2, -0.15) is 0 Å². The minimum absolute atomic E-state index is 0.117. The van der Waals surface area contributed by atoms with Crippen molar-refractivity contribution >= 4 is 0 Å². The maximum Gasteiger partial charge on any atom is 0.123 e. The molecular formula is C22H26FNO2. The Hall–Kier alpha value is -1.91. The van der Waals surface area contributed by atoms with Gasteiger partial charge in [-0.15, -0.1) is 0 Å². The third-order valence-electron chi connectivity index (χ3n) is 5.67. The van der Waals surface area contributed by atoms with E-state index < -0.39 is 0 Å². The second-order valence-corrected chi connectivity index (χ2v) is 7.50. The molecule has 138 valence electrons. The zero-order valence-corrected chi connectivity index (χ0v) is 15.1. The van der Waals surface area contributed by atoms with Crippen LogP contribution in [-0.2, 0) is 10.2 Å². The molecule has 2 aliphatic heterocycles. The molecule has 0 saturated carbocycles. The molecule has 0 aliphatic carbocycles. The van der Waals surface area contributed by atoms with Crippen molar-refractivity contribution in [3.63, 3.8) is 0 Å². The van der Waals surface area contributed by atoms with Crippen molar-refractivity contribution in [3.05, 3.63) is 66.0 Å². The highest BCUT2D eigenvalue weighted by Gasteiger charge is 2.39. The van der Waals surface area contributed by atoms with Gasteiger partial charge in [-0.1, -0.05) is 30.3 Å². The summed E-state index contributed by atoms with van der Waals surface area (Å²) < 4.78 is 24.8. The van der Waals surface area contributed by atoms with Crippen molar-refractivity contribution in [2.75, 3.05) is 32.8 Å². The predicted octanol–water partition coefficient (Wildman–Crippen LogP) is 4.03. The molecule has 26 heavy (non-hydrogen) atoms. The molecular weight excluding hydrogens is 329 g/mol. The number of ether oxygens (including phenoxy) is 2. The highest BCUT2D eigenvalue weighted by Crippen LogP contribution is 2.35. The minimum Gasteiger partial charge on any atom is -0.490 e. The van der Waals surface area contributed by atoms with Crippen molar-refractivity contribution in [2.24, 2.45) is 0 Å². The van der Waals surface area contributed by atoms with Crippen LogP contribution in [-0.4, -0.2) is 43.9 Å². The molecule has 0 aromatic heterocycles.